The first kappa shape index (κ1) is 17.5. The summed E-state index contributed by atoms with van der Waals surface area (Å²) in [5.41, 5.74) is 2.03. The highest BCUT2D eigenvalue weighted by Crippen LogP contribution is 2.36. The van der Waals surface area contributed by atoms with Gasteiger partial charge in [0.25, 0.3) is 0 Å². The zero-order valence-corrected chi connectivity index (χ0v) is 14.2. The molecule has 2 aromatic rings. The second-order valence-electron chi connectivity index (χ2n) is 6.70. The third kappa shape index (κ3) is 3.56. The average Bonchev–Trinajstić information content (AvgIpc) is 2.97. The summed E-state index contributed by atoms with van der Waals surface area (Å²) in [6, 6.07) is 10.2. The van der Waals surface area contributed by atoms with E-state index in [0.29, 0.717) is 0 Å². The number of aliphatic hydroxyl groups excluding tert-OH is 1. The van der Waals surface area contributed by atoms with Gasteiger partial charge in [0, 0.05) is 12.1 Å². The van der Waals surface area contributed by atoms with Crippen molar-refractivity contribution >= 4 is 5.91 Å². The topological polar surface area (TPSA) is 40.5 Å². The molecule has 5 heteroatoms. The molecule has 25 heavy (non-hydrogen) atoms. The van der Waals surface area contributed by atoms with Crippen molar-refractivity contribution in [1.82, 2.24) is 4.90 Å². The van der Waals surface area contributed by atoms with Crippen LogP contribution in [-0.4, -0.2) is 28.6 Å². The maximum absolute atomic E-state index is 14.2. The van der Waals surface area contributed by atoms with Gasteiger partial charge in [0.15, 0.2) is 0 Å². The fraction of sp³-hybridized carbons (Fsp3) is 0.350. The molecule has 1 saturated heterocycles. The molecular weight excluding hydrogens is 324 g/mol. The maximum atomic E-state index is 14.2. The van der Waals surface area contributed by atoms with Gasteiger partial charge in [-0.15, -0.1) is 0 Å². The Morgan fingerprint density at radius 1 is 1.24 bits per heavy atom. The largest absolute Gasteiger partial charge is 0.391 e. The van der Waals surface area contributed by atoms with Gasteiger partial charge in [-0.25, -0.2) is 8.78 Å². The molecular formula is C20H21F2NO2. The number of carbonyl (C=O) groups excluding carboxylic acids is 1. The molecule has 0 saturated carbocycles. The number of halogens is 2. The molecule has 0 spiro atoms. The highest BCUT2D eigenvalue weighted by atomic mass is 19.1. The highest BCUT2D eigenvalue weighted by Gasteiger charge is 2.38. The van der Waals surface area contributed by atoms with Crippen molar-refractivity contribution in [3.63, 3.8) is 0 Å². The predicted molar refractivity (Wildman–Crippen MR) is 91.0 cm³/mol. The van der Waals surface area contributed by atoms with E-state index in [1.54, 1.807) is 6.92 Å². The molecule has 3 rings (SSSR count). The van der Waals surface area contributed by atoms with Crippen LogP contribution in [0.5, 0.6) is 0 Å². The number of nitrogens with zero attached hydrogens (tertiary/aromatic N) is 1. The lowest BCUT2D eigenvalue weighted by molar-refractivity contribution is -0.133. The van der Waals surface area contributed by atoms with E-state index >= 15 is 0 Å². The number of aryl methyl sites for hydroxylation is 1. The van der Waals surface area contributed by atoms with Gasteiger partial charge in [-0.05, 0) is 44.0 Å². The fourth-order valence-electron chi connectivity index (χ4n) is 3.45. The van der Waals surface area contributed by atoms with Crippen molar-refractivity contribution in [2.45, 2.75) is 38.3 Å². The van der Waals surface area contributed by atoms with Crippen molar-refractivity contribution < 1.29 is 18.7 Å². The Bertz CT molecular complexity index is 793. The molecule has 1 aliphatic rings. The number of likely N-dealkylation sites (tertiary alicyclic amines) is 1. The molecule has 1 N–H and O–H groups in total. The quantitative estimate of drug-likeness (QED) is 0.921. The normalized spacial score (nSPS) is 21.4. The molecule has 1 amide bonds. The standard InChI is InChI=1S/C20H21F2NO2/c1-12-4-3-5-14(8-12)13(2)20(25)23-11-16(24)10-19(23)17-9-15(21)6-7-18(17)22/h3-9,13,16,19,24H,10-11H2,1-2H3. The lowest BCUT2D eigenvalue weighted by Crippen LogP contribution is -2.35. The van der Waals surface area contributed by atoms with Gasteiger partial charge in [0.1, 0.15) is 11.6 Å². The second-order valence-corrected chi connectivity index (χ2v) is 6.70. The Labute approximate surface area is 145 Å². The fourth-order valence-corrected chi connectivity index (χ4v) is 3.45. The van der Waals surface area contributed by atoms with Gasteiger partial charge in [-0.3, -0.25) is 4.79 Å². The maximum Gasteiger partial charge on any atom is 0.230 e. The summed E-state index contributed by atoms with van der Waals surface area (Å²) in [7, 11) is 0. The summed E-state index contributed by atoms with van der Waals surface area (Å²) in [5, 5.41) is 10.0. The zero-order valence-electron chi connectivity index (χ0n) is 14.2. The van der Waals surface area contributed by atoms with Gasteiger partial charge >= 0.3 is 0 Å². The van der Waals surface area contributed by atoms with Crippen molar-refractivity contribution in [3.05, 3.63) is 70.8 Å². The molecule has 3 atom stereocenters. The molecule has 3 nitrogen and oxygen atoms in total. The van der Waals surface area contributed by atoms with Gasteiger partial charge in [-0.2, -0.15) is 0 Å². The Kier molecular flexibility index (Phi) is 4.86. The lowest BCUT2D eigenvalue weighted by Gasteiger charge is -2.28. The van der Waals surface area contributed by atoms with E-state index in [4.69, 9.17) is 0 Å². The number of hydrogen-bond donors (Lipinski definition) is 1. The Morgan fingerprint density at radius 3 is 2.72 bits per heavy atom. The summed E-state index contributed by atoms with van der Waals surface area (Å²) >= 11 is 0. The first-order valence-electron chi connectivity index (χ1n) is 8.37. The Hall–Kier alpha value is -2.27. The van der Waals surface area contributed by atoms with Crippen LogP contribution in [0.15, 0.2) is 42.5 Å². The number of β-amino-alcohol motifs (C(OH)–C–C–N with tert-alkyl or cyclic N) is 1. The average molecular weight is 345 g/mol. The Morgan fingerprint density at radius 2 is 2.00 bits per heavy atom. The van der Waals surface area contributed by atoms with Crippen LogP contribution in [0.3, 0.4) is 0 Å². The smallest absolute Gasteiger partial charge is 0.230 e. The first-order chi connectivity index (χ1) is 11.9. The van der Waals surface area contributed by atoms with Crippen molar-refractivity contribution in [2.75, 3.05) is 6.54 Å². The van der Waals surface area contributed by atoms with E-state index in [2.05, 4.69) is 0 Å². The second kappa shape index (κ2) is 6.92. The van der Waals surface area contributed by atoms with Crippen LogP contribution in [0.1, 0.15) is 42.0 Å². The summed E-state index contributed by atoms with van der Waals surface area (Å²) in [6.45, 7) is 3.86. The van der Waals surface area contributed by atoms with Crippen LogP contribution < -0.4 is 0 Å². The van der Waals surface area contributed by atoms with E-state index < -0.39 is 29.7 Å². The molecule has 3 unspecified atom stereocenters. The molecule has 2 aromatic carbocycles. The van der Waals surface area contributed by atoms with E-state index in [1.807, 2.05) is 31.2 Å². The zero-order chi connectivity index (χ0) is 18.1. The van der Waals surface area contributed by atoms with E-state index in [-0.39, 0.29) is 24.4 Å². The molecule has 1 aliphatic heterocycles. The third-order valence-corrected chi connectivity index (χ3v) is 4.79. The van der Waals surface area contributed by atoms with E-state index in [9.17, 15) is 18.7 Å². The van der Waals surface area contributed by atoms with E-state index in [1.165, 1.54) is 4.90 Å². The minimum Gasteiger partial charge on any atom is -0.391 e. The van der Waals surface area contributed by atoms with Crippen LogP contribution in [0.4, 0.5) is 8.78 Å². The lowest BCUT2D eigenvalue weighted by atomic mass is 9.96. The number of aliphatic hydroxyl groups is 1. The van der Waals surface area contributed by atoms with Crippen LogP contribution in [-0.2, 0) is 4.79 Å². The monoisotopic (exact) mass is 345 g/mol. The third-order valence-electron chi connectivity index (χ3n) is 4.79. The summed E-state index contributed by atoms with van der Waals surface area (Å²) in [4.78, 5) is 14.4. The number of amides is 1. The summed E-state index contributed by atoms with van der Waals surface area (Å²) in [6.07, 6.45) is -0.548. The molecule has 0 radical (unpaired) electrons. The molecule has 132 valence electrons. The van der Waals surface area contributed by atoms with Crippen molar-refractivity contribution in [2.24, 2.45) is 0 Å². The minimum atomic E-state index is -0.749. The van der Waals surface area contributed by atoms with Gasteiger partial charge in [0.2, 0.25) is 5.91 Å². The Balaban J connectivity index is 1.91. The number of rotatable bonds is 3. The van der Waals surface area contributed by atoms with Crippen LogP contribution in [0.2, 0.25) is 0 Å². The van der Waals surface area contributed by atoms with Crippen molar-refractivity contribution in [1.29, 1.82) is 0 Å². The molecule has 1 fully saturated rings. The number of benzene rings is 2. The van der Waals surface area contributed by atoms with Crippen molar-refractivity contribution in [3.8, 4) is 0 Å². The predicted octanol–water partition coefficient (Wildman–Crippen LogP) is 3.71. The molecule has 0 aliphatic carbocycles. The SMILES string of the molecule is Cc1cccc(C(C)C(=O)N2CC(O)CC2c2cc(F)ccc2F)c1. The summed E-state index contributed by atoms with van der Waals surface area (Å²) < 4.78 is 27.7. The first-order valence-corrected chi connectivity index (χ1v) is 8.37. The minimum absolute atomic E-state index is 0.112. The van der Waals surface area contributed by atoms with Gasteiger partial charge in [-0.1, -0.05) is 29.8 Å². The number of hydrogen-bond acceptors (Lipinski definition) is 2. The highest BCUT2D eigenvalue weighted by molar-refractivity contribution is 5.84. The van der Waals surface area contributed by atoms with Gasteiger partial charge in [0.05, 0.1) is 18.1 Å². The van der Waals surface area contributed by atoms with Crippen LogP contribution >= 0.6 is 0 Å². The van der Waals surface area contributed by atoms with Crippen LogP contribution in [0, 0.1) is 18.6 Å². The van der Waals surface area contributed by atoms with Gasteiger partial charge < -0.3 is 10.0 Å². The molecule has 1 heterocycles. The summed E-state index contributed by atoms with van der Waals surface area (Å²) in [5.74, 6) is -1.75. The number of carbonyl (C=O) groups is 1. The molecule has 0 aromatic heterocycles. The molecule has 0 bridgehead atoms. The van der Waals surface area contributed by atoms with Crippen LogP contribution in [0.25, 0.3) is 0 Å². The van der Waals surface area contributed by atoms with E-state index in [0.717, 1.165) is 29.3 Å².